The van der Waals surface area contributed by atoms with E-state index >= 15 is 0 Å². The van der Waals surface area contributed by atoms with Crippen molar-refractivity contribution < 1.29 is 14.9 Å². The first-order valence-corrected chi connectivity index (χ1v) is 4.34. The molecule has 0 aliphatic rings. The Balaban J connectivity index is 3.68. The Bertz CT molecular complexity index is 229. The number of hydrogen-bond acceptors (Lipinski definition) is 1. The fourth-order valence-corrected chi connectivity index (χ4v) is 0.666. The number of carboxylic acids is 1. The topological polar surface area (TPSA) is 51.3 Å². The van der Waals surface area contributed by atoms with Gasteiger partial charge in [-0.25, -0.2) is 9.79 Å². The van der Waals surface area contributed by atoms with Crippen molar-refractivity contribution in [3.8, 4) is 0 Å². The molecule has 0 aromatic heterocycles. The van der Waals surface area contributed by atoms with Crippen molar-refractivity contribution in [2.75, 3.05) is 6.54 Å². The van der Waals surface area contributed by atoms with Crippen LogP contribution in [0.4, 0.5) is 0 Å². The number of carbonyl (C=O) groups is 1. The summed E-state index contributed by atoms with van der Waals surface area (Å²) in [6.07, 6.45) is 7.09. The summed E-state index contributed by atoms with van der Waals surface area (Å²) in [6, 6.07) is 0. The van der Waals surface area contributed by atoms with Gasteiger partial charge in [0, 0.05) is 12.5 Å². The van der Waals surface area contributed by atoms with Crippen LogP contribution in [0.1, 0.15) is 19.8 Å². The Morgan fingerprint density at radius 1 is 1.62 bits per heavy atom. The van der Waals surface area contributed by atoms with E-state index in [0.717, 1.165) is 19.4 Å². The molecule has 2 N–H and O–H groups in total. The van der Waals surface area contributed by atoms with Gasteiger partial charge in [-0.1, -0.05) is 19.9 Å². The van der Waals surface area contributed by atoms with Gasteiger partial charge in [0.05, 0.1) is 5.57 Å². The lowest BCUT2D eigenvalue weighted by atomic mass is 10.3. The van der Waals surface area contributed by atoms with Crippen molar-refractivity contribution >= 4 is 12.2 Å². The van der Waals surface area contributed by atoms with E-state index in [2.05, 4.69) is 18.5 Å². The number of carboxylic acid groups (broad SMARTS) is 1. The average Bonchev–Trinajstić information content (AvgIpc) is 2.10. The molecule has 0 aliphatic heterocycles. The Kier molecular flexibility index (Phi) is 6.51. The molecule has 13 heavy (non-hydrogen) atoms. The van der Waals surface area contributed by atoms with Crippen LogP contribution in [0.2, 0.25) is 0 Å². The van der Waals surface area contributed by atoms with Gasteiger partial charge in [0.15, 0.2) is 6.21 Å². The normalized spacial score (nSPS) is 11.2. The van der Waals surface area contributed by atoms with Gasteiger partial charge in [-0.05, 0) is 6.08 Å². The maximum Gasteiger partial charge on any atom is 0.335 e. The Hall–Kier alpha value is -1.38. The summed E-state index contributed by atoms with van der Waals surface area (Å²) in [5.74, 6) is -0.988. The molecule has 0 saturated carbocycles. The minimum Gasteiger partial charge on any atom is -0.478 e. The molecule has 72 valence electrons. The maximum atomic E-state index is 10.3. The number of allylic oxidation sites excluding steroid dienone is 1. The molecule has 3 heteroatoms. The molecule has 0 unspecified atom stereocenters. The number of rotatable bonds is 6. The third kappa shape index (κ3) is 7.00. The van der Waals surface area contributed by atoms with Gasteiger partial charge >= 0.3 is 5.97 Å². The van der Waals surface area contributed by atoms with E-state index in [1.807, 2.05) is 0 Å². The molecule has 3 nitrogen and oxygen atoms in total. The van der Waals surface area contributed by atoms with Gasteiger partial charge in [0.2, 0.25) is 0 Å². The van der Waals surface area contributed by atoms with Crippen LogP contribution in [-0.2, 0) is 4.79 Å². The van der Waals surface area contributed by atoms with Crippen LogP contribution in [0.3, 0.4) is 0 Å². The summed E-state index contributed by atoms with van der Waals surface area (Å²) < 4.78 is 0. The zero-order valence-corrected chi connectivity index (χ0v) is 7.92. The number of nitrogens with one attached hydrogen (secondary N) is 1. The summed E-state index contributed by atoms with van der Waals surface area (Å²) in [4.78, 5) is 13.3. The maximum absolute atomic E-state index is 10.3. The summed E-state index contributed by atoms with van der Waals surface area (Å²) >= 11 is 0. The fourth-order valence-electron chi connectivity index (χ4n) is 0.666. The first kappa shape index (κ1) is 11.6. The van der Waals surface area contributed by atoms with Gasteiger partial charge in [-0.2, -0.15) is 0 Å². The standard InChI is InChI=1S/C10H15NO2/c1-3-4-7-11-8-5-6-9(2)10(12)13/h5-6,8H,2-4,7H2,1H3,(H,12,13)/p+1/b6-5-,11-8?. The van der Waals surface area contributed by atoms with E-state index in [0.29, 0.717) is 0 Å². The molecule has 0 aromatic carbocycles. The molecule has 0 fully saturated rings. The van der Waals surface area contributed by atoms with Crippen molar-refractivity contribution in [2.45, 2.75) is 19.8 Å². The minimum absolute atomic E-state index is 0.0912. The molecular formula is C10H16NO2+. The molecule has 0 aliphatic carbocycles. The van der Waals surface area contributed by atoms with Gasteiger partial charge in [0.1, 0.15) is 6.54 Å². The summed E-state index contributed by atoms with van der Waals surface area (Å²) in [5, 5.41) is 8.44. The fraction of sp³-hybridized carbons (Fsp3) is 0.400. The molecule has 0 heterocycles. The van der Waals surface area contributed by atoms with Crippen LogP contribution in [0.5, 0.6) is 0 Å². The molecule has 0 aromatic rings. The highest BCUT2D eigenvalue weighted by Crippen LogP contribution is 1.89. The van der Waals surface area contributed by atoms with Crippen LogP contribution < -0.4 is 4.99 Å². The second-order valence-electron chi connectivity index (χ2n) is 2.66. The van der Waals surface area contributed by atoms with Crippen molar-refractivity contribution in [3.63, 3.8) is 0 Å². The van der Waals surface area contributed by atoms with Crippen LogP contribution >= 0.6 is 0 Å². The Morgan fingerprint density at radius 3 is 2.85 bits per heavy atom. The van der Waals surface area contributed by atoms with Crippen molar-refractivity contribution in [1.29, 1.82) is 0 Å². The minimum atomic E-state index is -0.988. The van der Waals surface area contributed by atoms with Gasteiger partial charge < -0.3 is 5.11 Å². The lowest BCUT2D eigenvalue weighted by molar-refractivity contribution is -0.451. The first-order valence-electron chi connectivity index (χ1n) is 4.34. The van der Waals surface area contributed by atoms with E-state index in [1.165, 1.54) is 6.08 Å². The summed E-state index contributed by atoms with van der Waals surface area (Å²) in [6.45, 7) is 6.39. The SMILES string of the molecule is C=C(/C=C\C=[NH+]CCCC)C(=O)O. The second-order valence-corrected chi connectivity index (χ2v) is 2.66. The molecule has 0 spiro atoms. The molecule has 0 atom stereocenters. The number of unbranched alkanes of at least 4 members (excludes halogenated alkanes) is 1. The van der Waals surface area contributed by atoms with E-state index in [-0.39, 0.29) is 5.57 Å². The largest absolute Gasteiger partial charge is 0.478 e. The zero-order chi connectivity index (χ0) is 10.1. The van der Waals surface area contributed by atoms with Crippen molar-refractivity contribution in [1.82, 2.24) is 0 Å². The lowest BCUT2D eigenvalue weighted by Crippen LogP contribution is -2.68. The Morgan fingerprint density at radius 2 is 2.31 bits per heavy atom. The van der Waals surface area contributed by atoms with Crippen molar-refractivity contribution in [2.24, 2.45) is 0 Å². The van der Waals surface area contributed by atoms with Gasteiger partial charge in [0.25, 0.3) is 0 Å². The quantitative estimate of drug-likeness (QED) is 0.265. The lowest BCUT2D eigenvalue weighted by Gasteiger charge is -1.85. The van der Waals surface area contributed by atoms with Gasteiger partial charge in [-0.15, -0.1) is 0 Å². The third-order valence-electron chi connectivity index (χ3n) is 1.46. The van der Waals surface area contributed by atoms with Gasteiger partial charge in [-0.3, -0.25) is 0 Å². The summed E-state index contributed by atoms with van der Waals surface area (Å²) in [5.41, 5.74) is 0.0912. The van der Waals surface area contributed by atoms with Crippen LogP contribution in [0.25, 0.3) is 0 Å². The molecule has 0 bridgehead atoms. The van der Waals surface area contributed by atoms with Crippen molar-refractivity contribution in [3.05, 3.63) is 24.3 Å². The molecular weight excluding hydrogens is 166 g/mol. The van der Waals surface area contributed by atoms with Crippen LogP contribution in [-0.4, -0.2) is 23.8 Å². The number of aliphatic carboxylic acids is 1. The predicted octanol–water partition coefficient (Wildman–Crippen LogP) is 0.135. The highest BCUT2D eigenvalue weighted by atomic mass is 16.4. The average molecular weight is 182 g/mol. The van der Waals surface area contributed by atoms with E-state index in [1.54, 1.807) is 12.3 Å². The van der Waals surface area contributed by atoms with Crippen LogP contribution in [0.15, 0.2) is 24.3 Å². The smallest absolute Gasteiger partial charge is 0.335 e. The van der Waals surface area contributed by atoms with E-state index in [4.69, 9.17) is 5.11 Å². The van der Waals surface area contributed by atoms with E-state index < -0.39 is 5.97 Å². The van der Waals surface area contributed by atoms with Crippen LogP contribution in [0, 0.1) is 0 Å². The predicted molar refractivity (Wildman–Crippen MR) is 52.7 cm³/mol. The first-order chi connectivity index (χ1) is 6.18. The monoisotopic (exact) mass is 182 g/mol. The molecule has 0 saturated heterocycles. The highest BCUT2D eigenvalue weighted by molar-refractivity contribution is 5.90. The van der Waals surface area contributed by atoms with E-state index in [9.17, 15) is 4.79 Å². The third-order valence-corrected chi connectivity index (χ3v) is 1.46. The molecule has 0 amide bonds. The molecule has 0 radical (unpaired) electrons. The zero-order valence-electron chi connectivity index (χ0n) is 7.92. The highest BCUT2D eigenvalue weighted by Gasteiger charge is 1.96. The number of hydrogen-bond donors (Lipinski definition) is 2. The summed E-state index contributed by atoms with van der Waals surface area (Å²) in [7, 11) is 0. The molecule has 0 rings (SSSR count). The second kappa shape index (κ2) is 7.28. The Labute approximate surface area is 78.5 Å².